The minimum Gasteiger partial charge on any atom is -0.329 e. The third kappa shape index (κ3) is 3.62. The number of likely N-dealkylation sites (N-methyl/N-ethyl adjacent to an activating group) is 1. The first kappa shape index (κ1) is 15.5. The molecule has 2 rings (SSSR count). The van der Waals surface area contributed by atoms with Crippen molar-refractivity contribution < 1.29 is 13.2 Å². The molecule has 1 unspecified atom stereocenters. The third-order valence-corrected chi connectivity index (χ3v) is 3.43. The predicted octanol–water partition coefficient (Wildman–Crippen LogP) is 3.24. The second kappa shape index (κ2) is 6.74. The minimum absolute atomic E-state index is 0.0647. The number of halogens is 3. The van der Waals surface area contributed by atoms with Gasteiger partial charge in [-0.3, -0.25) is 4.90 Å². The van der Waals surface area contributed by atoms with Gasteiger partial charge in [-0.05, 0) is 18.7 Å². The van der Waals surface area contributed by atoms with E-state index in [0.717, 1.165) is 11.6 Å². The van der Waals surface area contributed by atoms with E-state index >= 15 is 0 Å². The molecule has 0 saturated carbocycles. The van der Waals surface area contributed by atoms with Gasteiger partial charge in [0.1, 0.15) is 5.82 Å². The van der Waals surface area contributed by atoms with Gasteiger partial charge in [0.2, 0.25) is 0 Å². The molecule has 0 amide bonds. The highest BCUT2D eigenvalue weighted by Crippen LogP contribution is 2.25. The van der Waals surface area contributed by atoms with Gasteiger partial charge in [-0.1, -0.05) is 30.3 Å². The highest BCUT2D eigenvalue weighted by molar-refractivity contribution is 5.24. The normalized spacial score (nSPS) is 12.7. The Bertz CT molecular complexity index is 602. The van der Waals surface area contributed by atoms with Crippen LogP contribution in [0.5, 0.6) is 0 Å². The van der Waals surface area contributed by atoms with Gasteiger partial charge in [0, 0.05) is 24.7 Å². The van der Waals surface area contributed by atoms with Crippen LogP contribution in [0, 0.1) is 17.5 Å². The molecule has 0 spiro atoms. The number of rotatable bonds is 5. The fourth-order valence-electron chi connectivity index (χ4n) is 2.32. The Morgan fingerprint density at radius 3 is 2.24 bits per heavy atom. The van der Waals surface area contributed by atoms with Crippen molar-refractivity contribution in [2.24, 2.45) is 5.73 Å². The Hall–Kier alpha value is -1.85. The molecule has 2 nitrogen and oxygen atoms in total. The summed E-state index contributed by atoms with van der Waals surface area (Å²) in [5.41, 5.74) is 6.79. The molecule has 0 radical (unpaired) electrons. The summed E-state index contributed by atoms with van der Waals surface area (Å²) in [6, 6.07) is 10.5. The maximum atomic E-state index is 13.9. The van der Waals surface area contributed by atoms with Crippen LogP contribution >= 0.6 is 0 Å². The molecule has 1 atom stereocenters. The van der Waals surface area contributed by atoms with Gasteiger partial charge in [-0.15, -0.1) is 0 Å². The molecule has 0 aliphatic carbocycles. The van der Waals surface area contributed by atoms with E-state index in [1.807, 2.05) is 35.2 Å². The summed E-state index contributed by atoms with van der Waals surface area (Å²) < 4.78 is 40.2. The average molecular weight is 294 g/mol. The van der Waals surface area contributed by atoms with Crippen LogP contribution in [0.2, 0.25) is 0 Å². The zero-order chi connectivity index (χ0) is 15.4. The Morgan fingerprint density at radius 1 is 1.00 bits per heavy atom. The zero-order valence-corrected chi connectivity index (χ0v) is 11.7. The second-order valence-electron chi connectivity index (χ2n) is 4.94. The maximum absolute atomic E-state index is 13.9. The average Bonchev–Trinajstić information content (AvgIpc) is 2.46. The van der Waals surface area contributed by atoms with Crippen molar-refractivity contribution in [1.82, 2.24) is 4.90 Å². The molecule has 5 heteroatoms. The lowest BCUT2D eigenvalue weighted by atomic mass is 10.0. The molecular weight excluding hydrogens is 277 g/mol. The van der Waals surface area contributed by atoms with Crippen LogP contribution in [0.25, 0.3) is 0 Å². The summed E-state index contributed by atoms with van der Waals surface area (Å²) in [5.74, 6) is -3.06. The maximum Gasteiger partial charge on any atom is 0.161 e. The van der Waals surface area contributed by atoms with E-state index in [0.29, 0.717) is 12.6 Å². The highest BCUT2D eigenvalue weighted by Gasteiger charge is 2.21. The minimum atomic E-state index is -1.20. The molecule has 2 aromatic carbocycles. The molecule has 0 aromatic heterocycles. The molecule has 0 bridgehead atoms. The third-order valence-electron chi connectivity index (χ3n) is 3.43. The summed E-state index contributed by atoms with van der Waals surface area (Å²) in [7, 11) is 1.77. The van der Waals surface area contributed by atoms with Gasteiger partial charge in [-0.25, -0.2) is 13.2 Å². The van der Waals surface area contributed by atoms with E-state index in [2.05, 4.69) is 0 Å². The van der Waals surface area contributed by atoms with Gasteiger partial charge in [0.15, 0.2) is 11.6 Å². The van der Waals surface area contributed by atoms with Crippen LogP contribution in [-0.4, -0.2) is 18.5 Å². The molecule has 112 valence electrons. The zero-order valence-electron chi connectivity index (χ0n) is 11.7. The van der Waals surface area contributed by atoms with E-state index in [4.69, 9.17) is 5.73 Å². The molecule has 0 aliphatic heterocycles. The van der Waals surface area contributed by atoms with Crippen LogP contribution in [0.3, 0.4) is 0 Å². The number of hydrogen-bond acceptors (Lipinski definition) is 2. The van der Waals surface area contributed by atoms with Crippen molar-refractivity contribution in [3.63, 3.8) is 0 Å². The van der Waals surface area contributed by atoms with Crippen LogP contribution in [0.1, 0.15) is 17.2 Å². The van der Waals surface area contributed by atoms with Crippen molar-refractivity contribution in [3.05, 3.63) is 71.0 Å². The monoisotopic (exact) mass is 294 g/mol. The number of hydrogen-bond donors (Lipinski definition) is 1. The van der Waals surface area contributed by atoms with Crippen molar-refractivity contribution in [1.29, 1.82) is 0 Å². The van der Waals surface area contributed by atoms with E-state index in [1.165, 1.54) is 0 Å². The Morgan fingerprint density at radius 2 is 1.62 bits per heavy atom. The van der Waals surface area contributed by atoms with Crippen molar-refractivity contribution in [2.75, 3.05) is 13.6 Å². The summed E-state index contributed by atoms with van der Waals surface area (Å²) >= 11 is 0. The van der Waals surface area contributed by atoms with Gasteiger partial charge in [-0.2, -0.15) is 0 Å². The van der Waals surface area contributed by atoms with Crippen molar-refractivity contribution >= 4 is 0 Å². The Labute approximate surface area is 122 Å². The lowest BCUT2D eigenvalue weighted by molar-refractivity contribution is 0.235. The van der Waals surface area contributed by atoms with E-state index in [9.17, 15) is 13.2 Å². The molecular formula is C16H17F3N2. The Kier molecular flexibility index (Phi) is 4.98. The van der Waals surface area contributed by atoms with Crippen LogP contribution in [-0.2, 0) is 6.54 Å². The fourth-order valence-corrected chi connectivity index (χ4v) is 2.32. The lowest BCUT2D eigenvalue weighted by Gasteiger charge is -2.27. The number of nitrogens with two attached hydrogens (primary N) is 1. The number of benzene rings is 2. The summed E-state index contributed by atoms with van der Waals surface area (Å²) in [6.07, 6.45) is 0. The molecule has 0 saturated heterocycles. The summed E-state index contributed by atoms with van der Waals surface area (Å²) in [5, 5.41) is 0. The van der Waals surface area contributed by atoms with Gasteiger partial charge in [0.25, 0.3) is 0 Å². The van der Waals surface area contributed by atoms with Crippen molar-refractivity contribution in [3.8, 4) is 0 Å². The molecule has 0 aliphatic rings. The Balaban J connectivity index is 2.25. The molecule has 21 heavy (non-hydrogen) atoms. The highest BCUT2D eigenvalue weighted by atomic mass is 19.2. The molecule has 0 fully saturated rings. The van der Waals surface area contributed by atoms with Gasteiger partial charge >= 0.3 is 0 Å². The van der Waals surface area contributed by atoms with Gasteiger partial charge < -0.3 is 5.73 Å². The van der Waals surface area contributed by atoms with Gasteiger partial charge in [0.05, 0.1) is 6.04 Å². The topological polar surface area (TPSA) is 29.3 Å². The first-order valence-corrected chi connectivity index (χ1v) is 6.61. The first-order valence-electron chi connectivity index (χ1n) is 6.61. The van der Waals surface area contributed by atoms with Crippen LogP contribution < -0.4 is 5.73 Å². The van der Waals surface area contributed by atoms with E-state index in [-0.39, 0.29) is 12.1 Å². The van der Waals surface area contributed by atoms with Crippen LogP contribution in [0.4, 0.5) is 13.2 Å². The molecule has 0 heterocycles. The second-order valence-corrected chi connectivity index (χ2v) is 4.94. The molecule has 2 aromatic rings. The largest absolute Gasteiger partial charge is 0.329 e. The summed E-state index contributed by atoms with van der Waals surface area (Å²) in [6.45, 7) is 0.631. The van der Waals surface area contributed by atoms with E-state index in [1.54, 1.807) is 7.05 Å². The number of nitrogens with zero attached hydrogens (tertiary/aromatic N) is 1. The molecule has 2 N–H and O–H groups in total. The summed E-state index contributed by atoms with van der Waals surface area (Å²) in [4.78, 5) is 1.81. The standard InChI is InChI=1S/C16H17F3N2/c1-21(10-11-5-3-2-4-6-11)16(9-20)12-7-14(18)15(19)8-13(12)17/h2-8,16H,9-10,20H2,1H3. The fraction of sp³-hybridized carbons (Fsp3) is 0.250. The first-order chi connectivity index (χ1) is 10.0. The SMILES string of the molecule is CN(Cc1ccccc1)C(CN)c1cc(F)c(F)cc1F. The smallest absolute Gasteiger partial charge is 0.161 e. The predicted molar refractivity (Wildman–Crippen MR) is 76.0 cm³/mol. The van der Waals surface area contributed by atoms with Crippen LogP contribution in [0.15, 0.2) is 42.5 Å². The van der Waals surface area contributed by atoms with Crippen molar-refractivity contribution in [2.45, 2.75) is 12.6 Å². The quantitative estimate of drug-likeness (QED) is 0.858. The van der Waals surface area contributed by atoms with E-state index < -0.39 is 23.5 Å². The lowest BCUT2D eigenvalue weighted by Crippen LogP contribution is -2.31.